The molecule has 3 rings (SSSR count). The summed E-state index contributed by atoms with van der Waals surface area (Å²) in [6.07, 6.45) is 3.11. The van der Waals surface area contributed by atoms with E-state index in [1.807, 2.05) is 18.2 Å². The fraction of sp³-hybridized carbons (Fsp3) is 0.583. The van der Waals surface area contributed by atoms with Crippen LogP contribution in [0.25, 0.3) is 11.0 Å². The molecule has 2 aromatic rings. The van der Waals surface area contributed by atoms with E-state index < -0.39 is 18.0 Å². The largest absolute Gasteiger partial charge is 0.453 e. The van der Waals surface area contributed by atoms with Crippen LogP contribution in [0.5, 0.6) is 0 Å². The molecule has 2 heterocycles. The second kappa shape index (κ2) is 13.1. The van der Waals surface area contributed by atoms with Crippen molar-refractivity contribution in [2.75, 3.05) is 40.1 Å². The first-order chi connectivity index (χ1) is 16.9. The van der Waals surface area contributed by atoms with Crippen molar-refractivity contribution < 1.29 is 28.6 Å². The smallest absolute Gasteiger partial charge is 0.406 e. The number of aryl methyl sites for hydroxylation is 2. The van der Waals surface area contributed by atoms with Crippen LogP contribution in [0.1, 0.15) is 43.7 Å². The SMILES string of the molecule is COC(=O)NCCCOCCCOCCCc1cccc2c1n(C)c(=O)n2C1CCC(=O)NC1=O. The van der Waals surface area contributed by atoms with Gasteiger partial charge in [0, 0.05) is 46.4 Å². The highest BCUT2D eigenvalue weighted by Gasteiger charge is 2.31. The fourth-order valence-electron chi connectivity index (χ4n) is 4.22. The summed E-state index contributed by atoms with van der Waals surface area (Å²) in [5, 5.41) is 4.93. The zero-order chi connectivity index (χ0) is 25.2. The van der Waals surface area contributed by atoms with E-state index in [0.29, 0.717) is 44.9 Å². The first kappa shape index (κ1) is 26.4. The summed E-state index contributed by atoms with van der Waals surface area (Å²) < 4.78 is 18.8. The Morgan fingerprint density at radius 3 is 2.51 bits per heavy atom. The minimum absolute atomic E-state index is 0.216. The predicted molar refractivity (Wildman–Crippen MR) is 128 cm³/mol. The number of carbonyl (C=O) groups excluding carboxylic acids is 3. The number of benzene rings is 1. The molecule has 192 valence electrons. The number of imidazole rings is 1. The van der Waals surface area contributed by atoms with Gasteiger partial charge in [0.25, 0.3) is 0 Å². The molecule has 1 saturated heterocycles. The Morgan fingerprint density at radius 2 is 1.80 bits per heavy atom. The number of hydrogen-bond donors (Lipinski definition) is 2. The second-order valence-corrected chi connectivity index (χ2v) is 8.42. The highest BCUT2D eigenvalue weighted by molar-refractivity contribution is 6.00. The molecule has 3 amide bonds. The quantitative estimate of drug-likeness (QED) is 0.321. The zero-order valence-corrected chi connectivity index (χ0v) is 20.3. The third kappa shape index (κ3) is 6.92. The molecule has 11 nitrogen and oxygen atoms in total. The molecular weight excluding hydrogens is 456 g/mol. The molecule has 1 fully saturated rings. The maximum absolute atomic E-state index is 13.0. The molecule has 35 heavy (non-hydrogen) atoms. The van der Waals surface area contributed by atoms with E-state index in [-0.39, 0.29) is 18.0 Å². The molecule has 1 aliphatic rings. The number of aromatic nitrogens is 2. The van der Waals surface area contributed by atoms with Crippen molar-refractivity contribution in [2.45, 2.75) is 44.6 Å². The van der Waals surface area contributed by atoms with Crippen LogP contribution in [0.4, 0.5) is 4.79 Å². The van der Waals surface area contributed by atoms with Crippen LogP contribution in [0.3, 0.4) is 0 Å². The van der Waals surface area contributed by atoms with Crippen molar-refractivity contribution in [1.29, 1.82) is 0 Å². The van der Waals surface area contributed by atoms with E-state index in [2.05, 4.69) is 15.4 Å². The summed E-state index contributed by atoms with van der Waals surface area (Å²) in [6, 6.07) is 5.03. The highest BCUT2D eigenvalue weighted by Crippen LogP contribution is 2.25. The first-order valence-electron chi connectivity index (χ1n) is 11.9. The van der Waals surface area contributed by atoms with Gasteiger partial charge in [0.15, 0.2) is 0 Å². The molecule has 0 saturated carbocycles. The van der Waals surface area contributed by atoms with Gasteiger partial charge in [-0.25, -0.2) is 9.59 Å². The van der Waals surface area contributed by atoms with Gasteiger partial charge in [-0.05, 0) is 43.7 Å². The van der Waals surface area contributed by atoms with Gasteiger partial charge < -0.3 is 19.5 Å². The lowest BCUT2D eigenvalue weighted by atomic mass is 10.0. The number of amides is 3. The summed E-state index contributed by atoms with van der Waals surface area (Å²) in [7, 11) is 3.04. The maximum atomic E-state index is 13.0. The van der Waals surface area contributed by atoms with Crippen molar-refractivity contribution >= 4 is 28.9 Å². The van der Waals surface area contributed by atoms with E-state index in [0.717, 1.165) is 36.8 Å². The van der Waals surface area contributed by atoms with E-state index in [1.165, 1.54) is 11.7 Å². The Hall–Kier alpha value is -3.18. The number of methoxy groups -OCH3 is 1. The van der Waals surface area contributed by atoms with Gasteiger partial charge in [0.1, 0.15) is 6.04 Å². The molecule has 1 aromatic heterocycles. The molecular formula is C24H34N4O7. The average Bonchev–Trinajstić information content (AvgIpc) is 3.10. The molecule has 1 unspecified atom stereocenters. The number of ether oxygens (including phenoxy) is 3. The molecule has 1 atom stereocenters. The van der Waals surface area contributed by atoms with Crippen molar-refractivity contribution in [2.24, 2.45) is 7.05 Å². The lowest BCUT2D eigenvalue weighted by molar-refractivity contribution is -0.135. The lowest BCUT2D eigenvalue weighted by Crippen LogP contribution is -2.44. The van der Waals surface area contributed by atoms with Gasteiger partial charge in [-0.15, -0.1) is 0 Å². The number of para-hydroxylation sites is 1. The lowest BCUT2D eigenvalue weighted by Gasteiger charge is -2.21. The maximum Gasteiger partial charge on any atom is 0.406 e. The highest BCUT2D eigenvalue weighted by atomic mass is 16.5. The van der Waals surface area contributed by atoms with Crippen LogP contribution in [-0.4, -0.2) is 67.1 Å². The molecule has 0 aliphatic carbocycles. The number of imide groups is 1. The molecule has 1 aliphatic heterocycles. The number of fused-ring (bicyclic) bond motifs is 1. The molecule has 0 spiro atoms. The number of hydrogen-bond acceptors (Lipinski definition) is 7. The zero-order valence-electron chi connectivity index (χ0n) is 20.3. The number of nitrogens with zero attached hydrogens (tertiary/aromatic N) is 2. The molecule has 0 bridgehead atoms. The Morgan fingerprint density at radius 1 is 1.09 bits per heavy atom. The number of alkyl carbamates (subject to hydrolysis) is 1. The summed E-state index contributed by atoms with van der Waals surface area (Å²) >= 11 is 0. The number of carbonyl (C=O) groups is 3. The summed E-state index contributed by atoms with van der Waals surface area (Å²) in [4.78, 5) is 47.8. The normalized spacial score (nSPS) is 15.9. The van der Waals surface area contributed by atoms with Crippen molar-refractivity contribution in [3.05, 3.63) is 34.2 Å². The Balaban J connectivity index is 1.43. The minimum atomic E-state index is -0.686. The first-order valence-corrected chi connectivity index (χ1v) is 11.9. The van der Waals surface area contributed by atoms with Crippen molar-refractivity contribution in [3.63, 3.8) is 0 Å². The molecule has 2 N–H and O–H groups in total. The van der Waals surface area contributed by atoms with Gasteiger partial charge in [-0.3, -0.25) is 24.0 Å². The molecule has 1 aromatic carbocycles. The Bertz CT molecular complexity index is 1090. The van der Waals surface area contributed by atoms with E-state index in [1.54, 1.807) is 11.6 Å². The predicted octanol–water partition coefficient (Wildman–Crippen LogP) is 1.42. The average molecular weight is 491 g/mol. The van der Waals surface area contributed by atoms with Crippen molar-refractivity contribution in [1.82, 2.24) is 19.8 Å². The van der Waals surface area contributed by atoms with Crippen molar-refractivity contribution in [3.8, 4) is 0 Å². The third-order valence-corrected chi connectivity index (χ3v) is 5.94. The van der Waals surface area contributed by atoms with Crippen LogP contribution < -0.4 is 16.3 Å². The van der Waals surface area contributed by atoms with Gasteiger partial charge in [0.2, 0.25) is 11.8 Å². The van der Waals surface area contributed by atoms with Gasteiger partial charge in [0.05, 0.1) is 18.1 Å². The molecule has 11 heteroatoms. The Labute approximate surface area is 203 Å². The van der Waals surface area contributed by atoms with Gasteiger partial charge >= 0.3 is 11.8 Å². The van der Waals surface area contributed by atoms with Crippen LogP contribution in [0, 0.1) is 0 Å². The van der Waals surface area contributed by atoms with Crippen LogP contribution in [0.2, 0.25) is 0 Å². The van der Waals surface area contributed by atoms with Crippen LogP contribution >= 0.6 is 0 Å². The van der Waals surface area contributed by atoms with E-state index in [9.17, 15) is 19.2 Å². The number of piperidine rings is 1. The third-order valence-electron chi connectivity index (χ3n) is 5.94. The van der Waals surface area contributed by atoms with E-state index in [4.69, 9.17) is 9.47 Å². The topological polar surface area (TPSA) is 130 Å². The van der Waals surface area contributed by atoms with Gasteiger partial charge in [-0.2, -0.15) is 0 Å². The summed E-state index contributed by atoms with van der Waals surface area (Å²) in [6.45, 7) is 2.84. The second-order valence-electron chi connectivity index (χ2n) is 8.42. The number of rotatable bonds is 13. The fourth-order valence-corrected chi connectivity index (χ4v) is 4.22. The molecule has 0 radical (unpaired) electrons. The van der Waals surface area contributed by atoms with Crippen LogP contribution in [-0.2, 0) is 37.3 Å². The monoisotopic (exact) mass is 490 g/mol. The standard InChI is InChI=1S/C24H34N4O7/c1-27-21-17(8-4-13-34-15-6-16-35-14-5-12-25-23(31)33-2)7-3-9-18(21)28(24(27)32)19-10-11-20(29)26-22(19)30/h3,7,9,19H,4-6,8,10-16H2,1-2H3,(H,25,31)(H,26,29,30). The number of nitrogens with one attached hydrogen (secondary N) is 2. The minimum Gasteiger partial charge on any atom is -0.453 e. The van der Waals surface area contributed by atoms with E-state index >= 15 is 0 Å². The summed E-state index contributed by atoms with van der Waals surface area (Å²) in [5.74, 6) is -0.740. The summed E-state index contributed by atoms with van der Waals surface area (Å²) in [5.41, 5.74) is 2.25. The van der Waals surface area contributed by atoms with Crippen LogP contribution in [0.15, 0.2) is 23.0 Å². The van der Waals surface area contributed by atoms with Gasteiger partial charge in [-0.1, -0.05) is 12.1 Å². The Kier molecular flexibility index (Phi) is 9.86.